The topological polar surface area (TPSA) is 17.1 Å². The minimum absolute atomic E-state index is 0.138. The third-order valence-electron chi connectivity index (χ3n) is 4.54. The highest BCUT2D eigenvalue weighted by molar-refractivity contribution is 5.96. The van der Waals surface area contributed by atoms with Crippen molar-refractivity contribution in [2.75, 3.05) is 0 Å². The minimum Gasteiger partial charge on any atom is -0.294 e. The van der Waals surface area contributed by atoms with E-state index in [1.165, 1.54) is 32.3 Å². The van der Waals surface area contributed by atoms with Crippen molar-refractivity contribution < 1.29 is 9.18 Å². The van der Waals surface area contributed by atoms with Gasteiger partial charge in [-0.2, -0.15) is 0 Å². The molecule has 0 spiro atoms. The number of halogens is 1. The number of ketones is 1. The van der Waals surface area contributed by atoms with Crippen LogP contribution in [-0.4, -0.2) is 5.78 Å². The maximum atomic E-state index is 13.8. The van der Waals surface area contributed by atoms with Gasteiger partial charge in [0.2, 0.25) is 0 Å². The zero-order chi connectivity index (χ0) is 12.0. The lowest BCUT2D eigenvalue weighted by atomic mass is 9.81. The van der Waals surface area contributed by atoms with Gasteiger partial charge >= 0.3 is 0 Å². The van der Waals surface area contributed by atoms with E-state index < -0.39 is 0 Å². The molecule has 0 heterocycles. The summed E-state index contributed by atoms with van der Waals surface area (Å²) in [5.41, 5.74) is 1.30. The first-order valence-electron chi connectivity index (χ1n) is 6.46. The van der Waals surface area contributed by atoms with E-state index in [-0.39, 0.29) is 11.6 Å². The number of carbonyl (C=O) groups excluding carboxylic acids is 1. The first-order valence-corrected chi connectivity index (χ1v) is 6.46. The van der Waals surface area contributed by atoms with Gasteiger partial charge in [0.15, 0.2) is 5.78 Å². The summed E-state index contributed by atoms with van der Waals surface area (Å²) in [6.07, 6.45) is 5.00. The molecule has 3 unspecified atom stereocenters. The Bertz CT molecular complexity index is 466. The highest BCUT2D eigenvalue weighted by atomic mass is 19.1. The fraction of sp³-hybridized carbons (Fsp3) is 0.533. The van der Waals surface area contributed by atoms with Crippen LogP contribution in [0.4, 0.5) is 4.39 Å². The van der Waals surface area contributed by atoms with Crippen LogP contribution in [-0.2, 0) is 0 Å². The molecule has 0 amide bonds. The predicted molar refractivity (Wildman–Crippen MR) is 64.6 cm³/mol. The lowest BCUT2D eigenvalue weighted by Gasteiger charge is -2.24. The van der Waals surface area contributed by atoms with Crippen LogP contribution in [0.15, 0.2) is 18.2 Å². The van der Waals surface area contributed by atoms with E-state index in [1.54, 1.807) is 6.07 Å². The third-order valence-corrected chi connectivity index (χ3v) is 4.54. The summed E-state index contributed by atoms with van der Waals surface area (Å²) in [4.78, 5) is 11.6. The second-order valence-corrected chi connectivity index (χ2v) is 5.54. The monoisotopic (exact) mass is 232 g/mol. The lowest BCUT2D eigenvalue weighted by molar-refractivity contribution is 0.101. The average molecular weight is 232 g/mol. The Morgan fingerprint density at radius 2 is 2.12 bits per heavy atom. The molecule has 0 radical (unpaired) electrons. The molecule has 1 nitrogen and oxygen atoms in total. The second kappa shape index (κ2) is 3.94. The van der Waals surface area contributed by atoms with Gasteiger partial charge < -0.3 is 0 Å². The number of carbonyl (C=O) groups is 1. The quantitative estimate of drug-likeness (QED) is 0.706. The smallest absolute Gasteiger partial charge is 0.163 e. The van der Waals surface area contributed by atoms with E-state index in [4.69, 9.17) is 0 Å². The van der Waals surface area contributed by atoms with Crippen molar-refractivity contribution in [2.45, 2.75) is 38.5 Å². The van der Waals surface area contributed by atoms with E-state index in [1.807, 2.05) is 6.07 Å². The molecule has 1 aromatic rings. The van der Waals surface area contributed by atoms with Crippen LogP contribution < -0.4 is 0 Å². The number of hydrogen-bond acceptors (Lipinski definition) is 1. The molecule has 3 rings (SSSR count). The van der Waals surface area contributed by atoms with Crippen LogP contribution in [0.1, 0.15) is 54.4 Å². The molecule has 1 aromatic carbocycles. The fourth-order valence-electron chi connectivity index (χ4n) is 3.85. The molecule has 0 aromatic heterocycles. The van der Waals surface area contributed by atoms with Gasteiger partial charge in [-0.15, -0.1) is 0 Å². The van der Waals surface area contributed by atoms with Gasteiger partial charge in [-0.3, -0.25) is 4.79 Å². The summed E-state index contributed by atoms with van der Waals surface area (Å²) in [7, 11) is 0. The van der Waals surface area contributed by atoms with Gasteiger partial charge in [-0.25, -0.2) is 4.39 Å². The molecule has 2 aliphatic carbocycles. The second-order valence-electron chi connectivity index (χ2n) is 5.54. The van der Waals surface area contributed by atoms with Crippen LogP contribution in [0.3, 0.4) is 0 Å². The van der Waals surface area contributed by atoms with Crippen molar-refractivity contribution >= 4 is 5.78 Å². The van der Waals surface area contributed by atoms with Crippen molar-refractivity contribution in [3.8, 4) is 0 Å². The largest absolute Gasteiger partial charge is 0.294 e. The molecule has 2 fully saturated rings. The number of hydrogen-bond donors (Lipinski definition) is 0. The average Bonchev–Trinajstić information content (AvgIpc) is 2.89. The molecule has 0 saturated heterocycles. The summed E-state index contributed by atoms with van der Waals surface area (Å²) >= 11 is 0. The molecule has 90 valence electrons. The summed E-state index contributed by atoms with van der Waals surface area (Å²) in [6, 6.07) is 5.09. The number of fused-ring (bicyclic) bond motifs is 2. The summed E-state index contributed by atoms with van der Waals surface area (Å²) < 4.78 is 13.8. The Labute approximate surface area is 101 Å². The Kier molecular flexibility index (Phi) is 2.53. The van der Waals surface area contributed by atoms with Crippen molar-refractivity contribution in [1.29, 1.82) is 0 Å². The van der Waals surface area contributed by atoms with Crippen LogP contribution in [0, 0.1) is 17.7 Å². The molecular formula is C15H17FO. The molecule has 17 heavy (non-hydrogen) atoms. The predicted octanol–water partition coefficient (Wildman–Crippen LogP) is 3.93. The Morgan fingerprint density at radius 1 is 1.29 bits per heavy atom. The molecular weight excluding hydrogens is 215 g/mol. The normalized spacial score (nSPS) is 30.8. The maximum absolute atomic E-state index is 13.8. The van der Waals surface area contributed by atoms with Crippen molar-refractivity contribution in [1.82, 2.24) is 0 Å². The summed E-state index contributed by atoms with van der Waals surface area (Å²) in [6.45, 7) is 1.47. The number of benzene rings is 1. The van der Waals surface area contributed by atoms with E-state index in [0.29, 0.717) is 17.4 Å². The molecule has 0 aliphatic heterocycles. The zero-order valence-electron chi connectivity index (χ0n) is 10.1. The third kappa shape index (κ3) is 1.70. The van der Waals surface area contributed by atoms with Crippen molar-refractivity contribution in [3.63, 3.8) is 0 Å². The summed E-state index contributed by atoms with van der Waals surface area (Å²) in [5.74, 6) is 1.43. The van der Waals surface area contributed by atoms with Gasteiger partial charge in [0.1, 0.15) is 5.82 Å². The van der Waals surface area contributed by atoms with Gasteiger partial charge in [0.05, 0.1) is 5.56 Å². The van der Waals surface area contributed by atoms with Gasteiger partial charge in [0, 0.05) is 0 Å². The molecule has 2 aliphatic rings. The van der Waals surface area contributed by atoms with Gasteiger partial charge in [0.25, 0.3) is 0 Å². The van der Waals surface area contributed by atoms with Crippen molar-refractivity contribution in [2.24, 2.45) is 11.8 Å². The first-order chi connectivity index (χ1) is 8.16. The maximum Gasteiger partial charge on any atom is 0.163 e. The van der Waals surface area contributed by atoms with Gasteiger partial charge in [-0.1, -0.05) is 18.6 Å². The zero-order valence-corrected chi connectivity index (χ0v) is 10.1. The van der Waals surface area contributed by atoms with Crippen molar-refractivity contribution in [3.05, 3.63) is 35.1 Å². The molecule has 2 heteroatoms. The number of Topliss-reactive ketones (excluding diaryl/α,β-unsaturated/α-hetero) is 1. The van der Waals surface area contributed by atoms with E-state index in [2.05, 4.69) is 0 Å². The Hall–Kier alpha value is -1.18. The van der Waals surface area contributed by atoms with E-state index >= 15 is 0 Å². The fourth-order valence-corrected chi connectivity index (χ4v) is 3.85. The van der Waals surface area contributed by atoms with E-state index in [0.717, 1.165) is 17.9 Å². The minimum atomic E-state index is -0.349. The van der Waals surface area contributed by atoms with Crippen LogP contribution in [0.2, 0.25) is 0 Å². The van der Waals surface area contributed by atoms with Crippen LogP contribution in [0.5, 0.6) is 0 Å². The van der Waals surface area contributed by atoms with Gasteiger partial charge in [-0.05, 0) is 55.6 Å². The lowest BCUT2D eigenvalue weighted by Crippen LogP contribution is -2.13. The highest BCUT2D eigenvalue weighted by Crippen LogP contribution is 2.53. The molecule has 2 saturated carbocycles. The van der Waals surface area contributed by atoms with Crippen LogP contribution >= 0.6 is 0 Å². The molecule has 2 bridgehead atoms. The van der Waals surface area contributed by atoms with E-state index in [9.17, 15) is 9.18 Å². The first kappa shape index (κ1) is 10.9. The summed E-state index contributed by atoms with van der Waals surface area (Å²) in [5, 5.41) is 0. The highest BCUT2D eigenvalue weighted by Gasteiger charge is 2.41. The van der Waals surface area contributed by atoms with Crippen LogP contribution in [0.25, 0.3) is 0 Å². The standard InChI is InChI=1S/C15H17FO/c1-9(17)15-12(3-2-4-14(15)16)13-8-10-5-6-11(13)7-10/h2-4,10-11,13H,5-8H2,1H3. The Morgan fingerprint density at radius 3 is 2.71 bits per heavy atom. The molecule has 0 N–H and O–H groups in total. The SMILES string of the molecule is CC(=O)c1c(F)cccc1C1CC2CCC1C2. The molecule has 3 atom stereocenters. The Balaban J connectivity index is 2.03. The number of rotatable bonds is 2.